The monoisotopic (exact) mass is 494 g/mol. The van der Waals surface area contributed by atoms with Gasteiger partial charge in [0.15, 0.2) is 11.8 Å². The van der Waals surface area contributed by atoms with Crippen molar-refractivity contribution < 1.29 is 19.1 Å². The first-order valence-electron chi connectivity index (χ1n) is 11.2. The van der Waals surface area contributed by atoms with Crippen LogP contribution in [0.25, 0.3) is 5.70 Å². The molecule has 0 fully saturated rings. The van der Waals surface area contributed by atoms with Gasteiger partial charge in [0, 0.05) is 24.9 Å². The maximum Gasteiger partial charge on any atom is 0.324 e. The van der Waals surface area contributed by atoms with Crippen molar-refractivity contribution in [1.82, 2.24) is 9.62 Å². The molecular weight excluding hydrogens is 462 g/mol. The van der Waals surface area contributed by atoms with Gasteiger partial charge in [-0.15, -0.1) is 0 Å². The molecule has 0 spiro atoms. The molecule has 35 heavy (non-hydrogen) atoms. The molecule has 3 rings (SSSR count). The minimum absolute atomic E-state index is 0.0370. The third-order valence-corrected chi connectivity index (χ3v) is 5.82. The highest BCUT2D eigenvalue weighted by atomic mass is 32.2. The minimum atomic E-state index is -0.196. The first kappa shape index (κ1) is 25.9. The summed E-state index contributed by atoms with van der Waals surface area (Å²) in [5.74, 6) is 1.85. The highest BCUT2D eigenvalue weighted by molar-refractivity contribution is 7.92. The molecule has 0 radical (unpaired) electrons. The molecule has 0 aliphatic carbocycles. The van der Waals surface area contributed by atoms with E-state index in [1.807, 2.05) is 68.3 Å². The van der Waals surface area contributed by atoms with E-state index in [1.165, 1.54) is 0 Å². The number of aromatic hydroxyl groups is 1. The molecule has 0 saturated heterocycles. The van der Waals surface area contributed by atoms with Gasteiger partial charge in [0.25, 0.3) is 0 Å². The fraction of sp³-hybridized carbons (Fsp3) is 0.231. The Labute approximate surface area is 210 Å². The Morgan fingerprint density at radius 2 is 1.94 bits per heavy atom. The minimum Gasteiger partial charge on any atom is -0.505 e. The Kier molecular flexibility index (Phi) is 8.99. The molecular formula is C26H32N5O3S+. The summed E-state index contributed by atoms with van der Waals surface area (Å²) in [6.07, 6.45) is 0.704. The van der Waals surface area contributed by atoms with E-state index in [1.54, 1.807) is 18.2 Å². The summed E-state index contributed by atoms with van der Waals surface area (Å²) in [6, 6.07) is 18.8. The maximum atomic E-state index is 11.0. The third kappa shape index (κ3) is 6.68. The van der Waals surface area contributed by atoms with Gasteiger partial charge in [0.05, 0.1) is 0 Å². The lowest BCUT2D eigenvalue weighted by Gasteiger charge is -2.23. The Bertz CT molecular complexity index is 1210. The smallest absolute Gasteiger partial charge is 0.324 e. The lowest BCUT2D eigenvalue weighted by Crippen LogP contribution is -2.79. The van der Waals surface area contributed by atoms with Gasteiger partial charge in [-0.3, -0.25) is 9.55 Å². The molecule has 2 aromatic carbocycles. The summed E-state index contributed by atoms with van der Waals surface area (Å²) < 4.78 is 17.9. The maximum absolute atomic E-state index is 11.0. The number of phenolic OH excluding ortho intramolecular Hbond substituents is 1. The summed E-state index contributed by atoms with van der Waals surface area (Å²) in [5, 5.41) is 11.0. The van der Waals surface area contributed by atoms with E-state index in [0.29, 0.717) is 42.3 Å². The first-order valence-corrected chi connectivity index (χ1v) is 12.0. The van der Waals surface area contributed by atoms with Gasteiger partial charge >= 0.3 is 5.84 Å². The van der Waals surface area contributed by atoms with E-state index in [2.05, 4.69) is 21.3 Å². The molecule has 6 N–H and O–H groups in total. The van der Waals surface area contributed by atoms with Gasteiger partial charge in [0.1, 0.15) is 17.2 Å². The summed E-state index contributed by atoms with van der Waals surface area (Å²) in [6.45, 7) is 8.67. The molecule has 0 bridgehead atoms. The Morgan fingerprint density at radius 3 is 2.57 bits per heavy atom. The number of benzene rings is 2. The highest BCUT2D eigenvalue weighted by Gasteiger charge is 2.21. The normalized spacial score (nSPS) is 12.9. The summed E-state index contributed by atoms with van der Waals surface area (Å²) in [5.41, 5.74) is 8.87. The SMILES string of the molecule is C=C(c1cccc(N=C(N)C(NSO)=[NH+][C@H](CC)c2ccc(C)o2)c1O)N(C)Cc1ccccc1. The third-order valence-electron chi connectivity index (χ3n) is 5.53. The number of furan rings is 1. The second-order valence-corrected chi connectivity index (χ2v) is 8.47. The van der Waals surface area contributed by atoms with Crippen LogP contribution in [0.1, 0.15) is 42.0 Å². The van der Waals surface area contributed by atoms with Crippen molar-refractivity contribution in [3.05, 3.63) is 89.9 Å². The zero-order valence-corrected chi connectivity index (χ0v) is 21.0. The van der Waals surface area contributed by atoms with E-state index in [9.17, 15) is 9.66 Å². The molecule has 0 unspecified atom stereocenters. The number of nitrogens with two attached hydrogens (primary N) is 1. The summed E-state index contributed by atoms with van der Waals surface area (Å²) in [7, 11) is 1.92. The van der Waals surface area contributed by atoms with E-state index in [-0.39, 0.29) is 23.3 Å². The fourth-order valence-electron chi connectivity index (χ4n) is 3.59. The Hall–Kier alpha value is -3.69. The molecule has 1 atom stereocenters. The van der Waals surface area contributed by atoms with Gasteiger partial charge in [-0.25, -0.2) is 4.99 Å². The van der Waals surface area contributed by atoms with Crippen LogP contribution in [0.3, 0.4) is 0 Å². The number of aryl methyl sites for hydroxylation is 1. The Balaban J connectivity index is 1.88. The summed E-state index contributed by atoms with van der Waals surface area (Å²) in [4.78, 5) is 9.60. The van der Waals surface area contributed by atoms with E-state index >= 15 is 0 Å². The number of phenols is 1. The molecule has 0 aliphatic heterocycles. The molecule has 1 aromatic heterocycles. The van der Waals surface area contributed by atoms with Crippen LogP contribution < -0.4 is 15.4 Å². The Morgan fingerprint density at radius 1 is 1.20 bits per heavy atom. The lowest BCUT2D eigenvalue weighted by molar-refractivity contribution is -0.513. The molecule has 0 amide bonds. The highest BCUT2D eigenvalue weighted by Crippen LogP contribution is 2.35. The predicted molar refractivity (Wildman–Crippen MR) is 142 cm³/mol. The molecule has 0 aliphatic rings. The van der Waals surface area contributed by atoms with Crippen LogP contribution in [0.5, 0.6) is 5.75 Å². The van der Waals surface area contributed by atoms with Crippen molar-refractivity contribution in [2.45, 2.75) is 32.9 Å². The number of para-hydroxylation sites is 1. The second kappa shape index (κ2) is 12.1. The van der Waals surface area contributed by atoms with E-state index < -0.39 is 0 Å². The average Bonchev–Trinajstić information content (AvgIpc) is 3.29. The standard InChI is InChI=1S/C26H31N5O3S/c1-5-21(23-15-14-17(2)34-23)29-26(30-35-33)25(27)28-22-13-9-12-20(24(22)32)18(3)31(4)16-19-10-7-6-8-11-19/h6-15,21,32-33H,3,5,16H2,1-2,4H3,(H2,27,28)(H,29,30)/p+1/t21-/m1/s1. The zero-order valence-electron chi connectivity index (χ0n) is 20.2. The van der Waals surface area contributed by atoms with Crippen LogP contribution in [0.4, 0.5) is 5.69 Å². The lowest BCUT2D eigenvalue weighted by atomic mass is 10.1. The number of hydrogen-bond acceptors (Lipinski definition) is 6. The zero-order chi connectivity index (χ0) is 25.4. The van der Waals surface area contributed by atoms with E-state index in [0.717, 1.165) is 17.1 Å². The topological polar surface area (TPSA) is 121 Å². The van der Waals surface area contributed by atoms with Gasteiger partial charge in [-0.1, -0.05) is 49.9 Å². The van der Waals surface area contributed by atoms with Crippen LogP contribution in [-0.4, -0.2) is 33.3 Å². The van der Waals surface area contributed by atoms with Crippen LogP contribution in [-0.2, 0) is 6.54 Å². The second-order valence-electron chi connectivity index (χ2n) is 8.08. The average molecular weight is 495 g/mol. The van der Waals surface area contributed by atoms with Crippen molar-refractivity contribution in [2.24, 2.45) is 10.7 Å². The van der Waals surface area contributed by atoms with Gasteiger partial charge in [-0.05, 0) is 43.2 Å². The van der Waals surface area contributed by atoms with Gasteiger partial charge in [0.2, 0.25) is 18.1 Å². The van der Waals surface area contributed by atoms with Crippen molar-refractivity contribution >= 4 is 35.3 Å². The number of aliphatic imine (C=N–C) groups is 1. The molecule has 9 heteroatoms. The van der Waals surface area contributed by atoms with Crippen LogP contribution >= 0.6 is 12.2 Å². The molecule has 0 saturated carbocycles. The predicted octanol–water partition coefficient (Wildman–Crippen LogP) is 3.73. The van der Waals surface area contributed by atoms with Crippen LogP contribution in [0, 0.1) is 6.92 Å². The van der Waals surface area contributed by atoms with Crippen LogP contribution in [0.2, 0.25) is 0 Å². The number of rotatable bonds is 9. The number of hydrogen-bond donors (Lipinski definition) is 5. The number of amidine groups is 2. The molecule has 8 nitrogen and oxygen atoms in total. The van der Waals surface area contributed by atoms with Crippen molar-refractivity contribution in [3.63, 3.8) is 0 Å². The molecule has 184 valence electrons. The van der Waals surface area contributed by atoms with Crippen LogP contribution in [0.15, 0.2) is 76.7 Å². The molecule has 3 aromatic rings. The molecule has 1 heterocycles. The van der Waals surface area contributed by atoms with Gasteiger partial charge in [-0.2, -0.15) is 4.72 Å². The van der Waals surface area contributed by atoms with E-state index in [4.69, 9.17) is 10.2 Å². The summed E-state index contributed by atoms with van der Waals surface area (Å²) >= 11 is 0.394. The van der Waals surface area contributed by atoms with Crippen molar-refractivity contribution in [3.8, 4) is 5.75 Å². The fourth-order valence-corrected chi connectivity index (χ4v) is 3.84. The quantitative estimate of drug-likeness (QED) is 0.133. The number of nitrogens with one attached hydrogen (secondary N) is 2. The van der Waals surface area contributed by atoms with Gasteiger partial charge < -0.3 is 20.2 Å². The first-order chi connectivity index (χ1) is 16.8. The largest absolute Gasteiger partial charge is 0.505 e. The number of nitrogens with zero attached hydrogens (tertiary/aromatic N) is 2. The van der Waals surface area contributed by atoms with Crippen molar-refractivity contribution in [1.29, 1.82) is 0 Å². The van der Waals surface area contributed by atoms with Crippen molar-refractivity contribution in [2.75, 3.05) is 7.05 Å².